The van der Waals surface area contributed by atoms with E-state index in [1.54, 1.807) is 11.3 Å². The molecule has 0 saturated carbocycles. The molecule has 1 saturated heterocycles. The van der Waals surface area contributed by atoms with Crippen molar-refractivity contribution in [3.63, 3.8) is 0 Å². The van der Waals surface area contributed by atoms with Crippen LogP contribution in [0.4, 0.5) is 5.69 Å². The van der Waals surface area contributed by atoms with Crippen LogP contribution in [0.5, 0.6) is 0 Å². The lowest BCUT2D eigenvalue weighted by Crippen LogP contribution is -2.19. The highest BCUT2D eigenvalue weighted by Crippen LogP contribution is 2.29. The van der Waals surface area contributed by atoms with E-state index in [-0.39, 0.29) is 5.91 Å². The average molecular weight is 336 g/mol. The normalized spacial score (nSPS) is 18.0. The Morgan fingerprint density at radius 1 is 1.00 bits per heavy atom. The van der Waals surface area contributed by atoms with Crippen LogP contribution in [-0.4, -0.2) is 11.1 Å². The molecule has 112 valence electrons. The van der Waals surface area contributed by atoms with Crippen molar-refractivity contribution in [2.45, 2.75) is 0 Å². The fourth-order valence-electron chi connectivity index (χ4n) is 2.35. The van der Waals surface area contributed by atoms with Gasteiger partial charge >= 0.3 is 0 Å². The van der Waals surface area contributed by atoms with Crippen molar-refractivity contribution in [3.8, 4) is 0 Å². The van der Waals surface area contributed by atoms with Crippen molar-refractivity contribution >= 4 is 56.7 Å². The van der Waals surface area contributed by atoms with Crippen molar-refractivity contribution in [2.24, 2.45) is 4.99 Å². The van der Waals surface area contributed by atoms with E-state index in [4.69, 9.17) is 0 Å². The van der Waals surface area contributed by atoms with E-state index in [9.17, 15) is 4.79 Å². The Kier molecular flexibility index (Phi) is 3.73. The summed E-state index contributed by atoms with van der Waals surface area (Å²) in [6.45, 7) is 0. The van der Waals surface area contributed by atoms with Gasteiger partial charge in [-0.2, -0.15) is 0 Å². The van der Waals surface area contributed by atoms with Gasteiger partial charge in [0.05, 0.1) is 10.6 Å². The highest BCUT2D eigenvalue weighted by Gasteiger charge is 2.23. The van der Waals surface area contributed by atoms with Crippen molar-refractivity contribution in [1.82, 2.24) is 5.32 Å². The number of hydrogen-bond donors (Lipinski definition) is 1. The Bertz CT molecular complexity index is 943. The number of nitrogens with one attached hydrogen (secondary N) is 1. The van der Waals surface area contributed by atoms with E-state index < -0.39 is 0 Å². The lowest BCUT2D eigenvalue weighted by atomic mass is 10.1. The van der Waals surface area contributed by atoms with Crippen molar-refractivity contribution in [3.05, 3.63) is 69.8 Å². The second-order valence-electron chi connectivity index (χ2n) is 5.03. The number of carbonyl (C=O) groups excluding carboxylic acids is 1. The highest BCUT2D eigenvalue weighted by atomic mass is 32.2. The molecule has 1 amide bonds. The minimum Gasteiger partial charge on any atom is -0.300 e. The fourth-order valence-corrected chi connectivity index (χ4v) is 3.91. The molecular formula is C18H12N2OS2. The maximum absolute atomic E-state index is 12.0. The van der Waals surface area contributed by atoms with Gasteiger partial charge in [-0.15, -0.1) is 11.3 Å². The molecule has 0 bridgehead atoms. The minimum atomic E-state index is -0.0945. The number of hydrogen-bond acceptors (Lipinski definition) is 4. The Labute approximate surface area is 141 Å². The lowest BCUT2D eigenvalue weighted by molar-refractivity contribution is -0.115. The summed E-state index contributed by atoms with van der Waals surface area (Å²) in [5, 5.41) is 7.75. The Morgan fingerprint density at radius 3 is 2.70 bits per heavy atom. The first-order chi connectivity index (χ1) is 11.3. The van der Waals surface area contributed by atoms with Crippen molar-refractivity contribution in [1.29, 1.82) is 0 Å². The van der Waals surface area contributed by atoms with Gasteiger partial charge in [0.25, 0.3) is 5.91 Å². The number of amides is 1. The van der Waals surface area contributed by atoms with E-state index in [0.717, 1.165) is 16.0 Å². The Balaban J connectivity index is 1.62. The van der Waals surface area contributed by atoms with Crippen LogP contribution in [0, 0.1) is 0 Å². The third kappa shape index (κ3) is 3.06. The smallest absolute Gasteiger partial charge is 0.264 e. The largest absolute Gasteiger partial charge is 0.300 e. The number of aliphatic imine (C=N–C) groups is 1. The molecule has 1 aliphatic heterocycles. The summed E-state index contributed by atoms with van der Waals surface area (Å²) in [5.41, 5.74) is 0.837. The molecule has 2 aromatic carbocycles. The maximum atomic E-state index is 12.0. The lowest BCUT2D eigenvalue weighted by Gasteiger charge is -2.00. The van der Waals surface area contributed by atoms with Gasteiger partial charge in [-0.3, -0.25) is 4.79 Å². The zero-order valence-corrected chi connectivity index (χ0v) is 13.7. The number of thioether (sulfide) groups is 1. The summed E-state index contributed by atoms with van der Waals surface area (Å²) < 4.78 is 0. The number of amidine groups is 1. The standard InChI is InChI=1S/C18H12N2OS2/c21-17-16(11-15-6-3-9-22-15)23-18(20-17)19-14-8-7-12-4-1-2-5-13(12)10-14/h1-11H,(H,19,20,21). The van der Waals surface area contributed by atoms with Crippen LogP contribution in [-0.2, 0) is 4.79 Å². The van der Waals surface area contributed by atoms with Crippen LogP contribution in [0.1, 0.15) is 4.88 Å². The zero-order chi connectivity index (χ0) is 15.6. The van der Waals surface area contributed by atoms with Gasteiger partial charge in [0, 0.05) is 4.88 Å². The van der Waals surface area contributed by atoms with Gasteiger partial charge in [-0.05, 0) is 52.2 Å². The minimum absolute atomic E-state index is 0.0945. The molecular weight excluding hydrogens is 324 g/mol. The first kappa shape index (κ1) is 14.2. The van der Waals surface area contributed by atoms with Crippen molar-refractivity contribution < 1.29 is 4.79 Å². The number of carbonyl (C=O) groups is 1. The summed E-state index contributed by atoms with van der Waals surface area (Å²) in [4.78, 5) is 18.3. The second-order valence-corrected chi connectivity index (χ2v) is 7.04. The number of rotatable bonds is 2. The van der Waals surface area contributed by atoms with Gasteiger partial charge < -0.3 is 5.32 Å². The summed E-state index contributed by atoms with van der Waals surface area (Å²) in [6.07, 6.45) is 1.90. The molecule has 1 N–H and O–H groups in total. The highest BCUT2D eigenvalue weighted by molar-refractivity contribution is 8.18. The van der Waals surface area contributed by atoms with E-state index in [1.807, 2.05) is 53.9 Å². The molecule has 0 atom stereocenters. The molecule has 4 rings (SSSR count). The molecule has 3 nitrogen and oxygen atoms in total. The molecule has 0 unspecified atom stereocenters. The van der Waals surface area contributed by atoms with E-state index in [0.29, 0.717) is 10.1 Å². The third-order valence-electron chi connectivity index (χ3n) is 3.43. The van der Waals surface area contributed by atoms with Crippen LogP contribution < -0.4 is 5.32 Å². The third-order valence-corrected chi connectivity index (χ3v) is 5.16. The number of fused-ring (bicyclic) bond motifs is 1. The average Bonchev–Trinajstić information content (AvgIpc) is 3.18. The predicted molar refractivity (Wildman–Crippen MR) is 99.1 cm³/mol. The predicted octanol–water partition coefficient (Wildman–Crippen LogP) is 4.79. The quantitative estimate of drug-likeness (QED) is 0.683. The van der Waals surface area contributed by atoms with Crippen LogP contribution in [0.3, 0.4) is 0 Å². The second kappa shape index (κ2) is 6.02. The van der Waals surface area contributed by atoms with Gasteiger partial charge in [0.1, 0.15) is 0 Å². The molecule has 1 aliphatic rings. The fraction of sp³-hybridized carbons (Fsp3) is 0. The van der Waals surface area contributed by atoms with E-state index >= 15 is 0 Å². The Morgan fingerprint density at radius 2 is 1.87 bits per heavy atom. The maximum Gasteiger partial charge on any atom is 0.264 e. The van der Waals surface area contributed by atoms with Crippen LogP contribution >= 0.6 is 23.1 Å². The van der Waals surface area contributed by atoms with Crippen LogP contribution in [0.2, 0.25) is 0 Å². The molecule has 5 heteroatoms. The molecule has 1 fully saturated rings. The molecule has 3 aromatic rings. The first-order valence-electron chi connectivity index (χ1n) is 7.10. The van der Waals surface area contributed by atoms with E-state index in [2.05, 4.69) is 22.4 Å². The Hall–Kier alpha value is -2.37. The number of benzene rings is 2. The van der Waals surface area contributed by atoms with Crippen LogP contribution in [0.15, 0.2) is 69.9 Å². The topological polar surface area (TPSA) is 41.5 Å². The number of thiophene rings is 1. The number of nitrogens with zero attached hydrogens (tertiary/aromatic N) is 1. The van der Waals surface area contributed by atoms with Crippen molar-refractivity contribution in [2.75, 3.05) is 0 Å². The summed E-state index contributed by atoms with van der Waals surface area (Å²) >= 11 is 2.98. The molecule has 23 heavy (non-hydrogen) atoms. The first-order valence-corrected chi connectivity index (χ1v) is 8.79. The summed E-state index contributed by atoms with van der Waals surface area (Å²) in [7, 11) is 0. The zero-order valence-electron chi connectivity index (χ0n) is 12.0. The van der Waals surface area contributed by atoms with E-state index in [1.165, 1.54) is 17.1 Å². The van der Waals surface area contributed by atoms with Gasteiger partial charge in [-0.1, -0.05) is 36.4 Å². The molecule has 0 aliphatic carbocycles. The SMILES string of the molecule is O=C1NC(=Nc2ccc3ccccc3c2)SC1=Cc1cccs1. The van der Waals surface area contributed by atoms with Crippen LogP contribution in [0.25, 0.3) is 16.8 Å². The summed E-state index contributed by atoms with van der Waals surface area (Å²) in [5.74, 6) is -0.0945. The van der Waals surface area contributed by atoms with Gasteiger partial charge in [0.2, 0.25) is 0 Å². The molecule has 2 heterocycles. The van der Waals surface area contributed by atoms with Gasteiger partial charge in [-0.25, -0.2) is 4.99 Å². The monoisotopic (exact) mass is 336 g/mol. The molecule has 0 radical (unpaired) electrons. The molecule has 0 spiro atoms. The van der Waals surface area contributed by atoms with Gasteiger partial charge in [0.15, 0.2) is 5.17 Å². The summed E-state index contributed by atoms with van der Waals surface area (Å²) in [6, 6.07) is 18.1. The molecule has 1 aromatic heterocycles.